The third kappa shape index (κ3) is 62.6. The minimum Gasteiger partial charge on any atom is -0.462 e. The molecule has 2 unspecified atom stereocenters. The van der Waals surface area contributed by atoms with E-state index in [1.165, 1.54) is 173 Å². The van der Waals surface area contributed by atoms with Crippen LogP contribution < -0.4 is 0 Å². The lowest BCUT2D eigenvalue weighted by Crippen LogP contribution is -2.30. The van der Waals surface area contributed by atoms with E-state index in [4.69, 9.17) is 37.0 Å². The highest BCUT2D eigenvalue weighted by Gasteiger charge is 2.30. The molecular formula is C68H132O17P2. The largest absolute Gasteiger partial charge is 0.472 e. The van der Waals surface area contributed by atoms with Crippen LogP contribution in [0.1, 0.15) is 349 Å². The van der Waals surface area contributed by atoms with Crippen molar-refractivity contribution >= 4 is 39.5 Å². The molecule has 0 spiro atoms. The molecule has 516 valence electrons. The van der Waals surface area contributed by atoms with Crippen molar-refractivity contribution in [1.82, 2.24) is 0 Å². The molecule has 0 aliphatic carbocycles. The number of rotatable bonds is 68. The van der Waals surface area contributed by atoms with E-state index >= 15 is 0 Å². The Hall–Kier alpha value is -1.94. The van der Waals surface area contributed by atoms with Gasteiger partial charge in [0.15, 0.2) is 12.2 Å². The van der Waals surface area contributed by atoms with Gasteiger partial charge in [0.2, 0.25) is 0 Å². The number of esters is 4. The summed E-state index contributed by atoms with van der Waals surface area (Å²) < 4.78 is 68.1. The van der Waals surface area contributed by atoms with Crippen molar-refractivity contribution in [3.8, 4) is 0 Å². The quantitative estimate of drug-likeness (QED) is 0.0222. The van der Waals surface area contributed by atoms with Crippen molar-refractivity contribution in [3.63, 3.8) is 0 Å². The van der Waals surface area contributed by atoms with E-state index in [1.54, 1.807) is 0 Å². The van der Waals surface area contributed by atoms with E-state index in [0.29, 0.717) is 31.6 Å². The van der Waals surface area contributed by atoms with Gasteiger partial charge >= 0.3 is 39.5 Å². The molecule has 0 aromatic carbocycles. The van der Waals surface area contributed by atoms with Crippen LogP contribution in [0.2, 0.25) is 0 Å². The number of aliphatic hydroxyl groups excluding tert-OH is 1. The van der Waals surface area contributed by atoms with Gasteiger partial charge in [-0.2, -0.15) is 0 Å². The summed E-state index contributed by atoms with van der Waals surface area (Å²) in [6.45, 7) is 7.15. The molecule has 0 rings (SSSR count). The Balaban J connectivity index is 5.20. The van der Waals surface area contributed by atoms with E-state index in [0.717, 1.165) is 89.9 Å². The zero-order valence-corrected chi connectivity index (χ0v) is 57.9. The SMILES string of the molecule is CCCCCCCCCCCCCCCCCCCC(=O)O[C@H](COC(=O)CCCCCCCCCCCCC)COP(=O)(O)OC[C@@H](O)COP(=O)(O)OC[C@@H](COC(=O)CCCCCCCCCCC)OC(=O)CCCCCCCCCC(C)C. The summed E-state index contributed by atoms with van der Waals surface area (Å²) in [6.07, 6.45) is 47.3. The number of unbranched alkanes of at least 4 members (excludes halogenated alkanes) is 40. The summed E-state index contributed by atoms with van der Waals surface area (Å²) in [5, 5.41) is 10.6. The molecule has 0 aliphatic rings. The summed E-state index contributed by atoms with van der Waals surface area (Å²) in [7, 11) is -9.89. The predicted octanol–water partition coefficient (Wildman–Crippen LogP) is 19.4. The molecule has 0 aromatic rings. The maximum absolute atomic E-state index is 13.0. The van der Waals surface area contributed by atoms with Crippen LogP contribution in [0, 0.1) is 5.92 Å². The average Bonchev–Trinajstić information content (AvgIpc) is 3.52. The van der Waals surface area contributed by atoms with Crippen LogP contribution in [0.25, 0.3) is 0 Å². The zero-order chi connectivity index (χ0) is 64.2. The first-order chi connectivity index (χ1) is 42.0. The molecule has 87 heavy (non-hydrogen) atoms. The van der Waals surface area contributed by atoms with Crippen LogP contribution in [0.3, 0.4) is 0 Å². The first-order valence-electron chi connectivity index (χ1n) is 35.6. The van der Waals surface area contributed by atoms with Crippen LogP contribution in [0.4, 0.5) is 0 Å². The number of phosphoric acid groups is 2. The molecule has 0 fully saturated rings. The van der Waals surface area contributed by atoms with E-state index < -0.39 is 97.5 Å². The van der Waals surface area contributed by atoms with Gasteiger partial charge in [0.05, 0.1) is 26.4 Å². The summed E-state index contributed by atoms with van der Waals surface area (Å²) in [5.74, 6) is -1.43. The van der Waals surface area contributed by atoms with Crippen LogP contribution in [-0.2, 0) is 65.4 Å². The third-order valence-corrected chi connectivity index (χ3v) is 17.7. The highest BCUT2D eigenvalue weighted by molar-refractivity contribution is 7.47. The lowest BCUT2D eigenvalue weighted by Gasteiger charge is -2.21. The van der Waals surface area contributed by atoms with Gasteiger partial charge in [-0.1, -0.05) is 298 Å². The maximum atomic E-state index is 13.0. The summed E-state index contributed by atoms with van der Waals surface area (Å²) >= 11 is 0. The van der Waals surface area contributed by atoms with Gasteiger partial charge in [-0.05, 0) is 31.6 Å². The molecule has 0 heterocycles. The molecule has 0 saturated carbocycles. The summed E-state index contributed by atoms with van der Waals surface area (Å²) in [4.78, 5) is 72.3. The van der Waals surface area contributed by atoms with Gasteiger partial charge in [-0.25, -0.2) is 9.13 Å². The molecule has 0 bridgehead atoms. The smallest absolute Gasteiger partial charge is 0.462 e. The summed E-state index contributed by atoms with van der Waals surface area (Å²) in [6, 6.07) is 0. The van der Waals surface area contributed by atoms with Gasteiger partial charge in [0, 0.05) is 25.7 Å². The fraction of sp³-hybridized carbons (Fsp3) is 0.941. The van der Waals surface area contributed by atoms with Crippen molar-refractivity contribution < 1.29 is 80.2 Å². The lowest BCUT2D eigenvalue weighted by atomic mass is 10.0. The van der Waals surface area contributed by atoms with Gasteiger partial charge in [-0.3, -0.25) is 37.3 Å². The molecule has 5 atom stereocenters. The molecule has 0 aliphatic heterocycles. The number of aliphatic hydroxyl groups is 1. The highest BCUT2D eigenvalue weighted by Crippen LogP contribution is 2.45. The first-order valence-corrected chi connectivity index (χ1v) is 38.6. The molecule has 17 nitrogen and oxygen atoms in total. The van der Waals surface area contributed by atoms with Crippen molar-refractivity contribution in [1.29, 1.82) is 0 Å². The normalized spacial score (nSPS) is 14.1. The van der Waals surface area contributed by atoms with Crippen LogP contribution in [0.15, 0.2) is 0 Å². The molecule has 0 amide bonds. The summed E-state index contributed by atoms with van der Waals surface area (Å²) in [5.41, 5.74) is 0. The lowest BCUT2D eigenvalue weighted by molar-refractivity contribution is -0.161. The van der Waals surface area contributed by atoms with Gasteiger partial charge in [0.25, 0.3) is 0 Å². The molecule has 0 radical (unpaired) electrons. The van der Waals surface area contributed by atoms with Crippen LogP contribution in [-0.4, -0.2) is 96.7 Å². The Morgan fingerprint density at radius 3 is 0.782 bits per heavy atom. The van der Waals surface area contributed by atoms with Gasteiger partial charge in [0.1, 0.15) is 19.3 Å². The monoisotopic (exact) mass is 1280 g/mol. The van der Waals surface area contributed by atoms with Gasteiger partial charge in [-0.15, -0.1) is 0 Å². The van der Waals surface area contributed by atoms with Gasteiger partial charge < -0.3 is 33.8 Å². The topological polar surface area (TPSA) is 237 Å². The van der Waals surface area contributed by atoms with E-state index in [-0.39, 0.29) is 25.7 Å². The molecule has 0 aromatic heterocycles. The fourth-order valence-electron chi connectivity index (χ4n) is 10.3. The number of hydrogen-bond donors (Lipinski definition) is 3. The molecule has 3 N–H and O–H groups in total. The second-order valence-electron chi connectivity index (χ2n) is 25.0. The first kappa shape index (κ1) is 85.1. The number of phosphoric ester groups is 2. The number of ether oxygens (including phenoxy) is 4. The average molecular weight is 1280 g/mol. The van der Waals surface area contributed by atoms with Crippen LogP contribution in [0.5, 0.6) is 0 Å². The second-order valence-corrected chi connectivity index (χ2v) is 27.9. The molecule has 19 heteroatoms. The maximum Gasteiger partial charge on any atom is 0.472 e. The Bertz CT molecular complexity index is 1690. The molecular weight excluding hydrogens is 1150 g/mol. The second kappa shape index (κ2) is 61.6. The van der Waals surface area contributed by atoms with E-state index in [1.807, 2.05) is 0 Å². The standard InChI is InChI=1S/C68H132O17P2/c1-6-9-12-15-18-21-23-24-25-26-27-28-30-33-38-43-48-53-67(72)84-63(57-79-66(71)52-47-42-37-32-29-22-19-16-13-10-7-2)59-82-86(74,75)80-55-62(69)56-81-87(76,77)83-60-64(58-78-65(70)51-46-41-36-31-20-17-14-11-8-3)85-68(73)54-49-44-39-34-35-40-45-50-61(4)5/h61-64,69H,6-60H2,1-5H3,(H,74,75)(H,76,77)/t62-,63-,64-/m1/s1. The van der Waals surface area contributed by atoms with Crippen LogP contribution >= 0.6 is 15.6 Å². The van der Waals surface area contributed by atoms with Crippen molar-refractivity contribution in [2.45, 2.75) is 368 Å². The fourth-order valence-corrected chi connectivity index (χ4v) is 11.9. The zero-order valence-electron chi connectivity index (χ0n) is 56.2. The Labute approximate surface area is 530 Å². The number of carbonyl (C=O) groups excluding carboxylic acids is 4. The van der Waals surface area contributed by atoms with Crippen molar-refractivity contribution in [3.05, 3.63) is 0 Å². The number of carbonyl (C=O) groups is 4. The Morgan fingerprint density at radius 1 is 0.310 bits per heavy atom. The van der Waals surface area contributed by atoms with E-state index in [9.17, 15) is 43.2 Å². The van der Waals surface area contributed by atoms with Crippen molar-refractivity contribution in [2.24, 2.45) is 5.92 Å². The predicted molar refractivity (Wildman–Crippen MR) is 349 cm³/mol. The van der Waals surface area contributed by atoms with E-state index in [2.05, 4.69) is 34.6 Å². The highest BCUT2D eigenvalue weighted by atomic mass is 31.2. The minimum atomic E-state index is -4.95. The molecule has 0 saturated heterocycles. The Morgan fingerprint density at radius 2 is 0.529 bits per heavy atom. The van der Waals surface area contributed by atoms with Crippen molar-refractivity contribution in [2.75, 3.05) is 39.6 Å². The minimum absolute atomic E-state index is 0.104. The number of hydrogen-bond acceptors (Lipinski definition) is 15. The third-order valence-electron chi connectivity index (χ3n) is 15.8. The Kier molecular flexibility index (Phi) is 60.2.